The second-order valence-corrected chi connectivity index (χ2v) is 8.03. The highest BCUT2D eigenvalue weighted by Crippen LogP contribution is 2.23. The molecule has 8 heteroatoms. The molecule has 0 bridgehead atoms. The number of hydrogen-bond acceptors (Lipinski definition) is 6. The summed E-state index contributed by atoms with van der Waals surface area (Å²) in [5.74, 6) is -0.586. The van der Waals surface area contributed by atoms with E-state index in [1.54, 1.807) is 79.7 Å². The number of rotatable bonds is 9. The summed E-state index contributed by atoms with van der Waals surface area (Å²) >= 11 is 0. The van der Waals surface area contributed by atoms with E-state index in [0.29, 0.717) is 22.3 Å². The maximum absolute atomic E-state index is 12.4. The van der Waals surface area contributed by atoms with Crippen LogP contribution in [0.25, 0.3) is 0 Å². The zero-order valence-corrected chi connectivity index (χ0v) is 19.4. The second-order valence-electron chi connectivity index (χ2n) is 8.03. The quantitative estimate of drug-likeness (QED) is 0.347. The average Bonchev–Trinajstić information content (AvgIpc) is 2.86. The Morgan fingerprint density at radius 2 is 1.46 bits per heavy atom. The maximum Gasteiger partial charge on any atom is 0.514 e. The standard InChI is InChI=1S/C27H28N2O6/c1-19-15-22(13-14-23(19)35-26(32)34-18-21-11-7-4-8-12-21)16-27(2,24(28)30)29-25(31)33-17-20-9-5-3-6-10-20/h3-15H,16-18H2,1-2H3,(H2,28,30)(H,29,31)/t27-/m0/s1/i17D,18D/t17?,18?,27-. The predicted octanol–water partition coefficient (Wildman–Crippen LogP) is 4.42. The Hall–Kier alpha value is -4.33. The number of nitrogens with one attached hydrogen (secondary N) is 1. The van der Waals surface area contributed by atoms with Crippen LogP contribution in [0.5, 0.6) is 5.75 Å². The van der Waals surface area contributed by atoms with Crippen LogP contribution in [0, 0.1) is 6.92 Å². The molecule has 0 saturated carbocycles. The Kier molecular flexibility index (Phi) is 7.50. The minimum atomic E-state index is -1.52. The van der Waals surface area contributed by atoms with E-state index in [4.69, 9.17) is 22.7 Å². The molecule has 0 aromatic heterocycles. The highest BCUT2D eigenvalue weighted by atomic mass is 16.7. The maximum atomic E-state index is 12.4. The first-order valence-corrected chi connectivity index (χ1v) is 10.8. The molecule has 0 aliphatic rings. The molecule has 35 heavy (non-hydrogen) atoms. The van der Waals surface area contributed by atoms with Crippen molar-refractivity contribution < 1.29 is 31.3 Å². The van der Waals surface area contributed by atoms with Crippen LogP contribution >= 0.6 is 0 Å². The third kappa shape index (κ3) is 7.60. The van der Waals surface area contributed by atoms with Gasteiger partial charge in [-0.2, -0.15) is 0 Å². The molecule has 0 aliphatic carbocycles. The molecule has 182 valence electrons. The van der Waals surface area contributed by atoms with E-state index in [-0.39, 0.29) is 12.2 Å². The van der Waals surface area contributed by atoms with Crippen LogP contribution in [-0.4, -0.2) is 23.7 Å². The topological polar surface area (TPSA) is 117 Å². The first-order valence-electron chi connectivity index (χ1n) is 11.9. The lowest BCUT2D eigenvalue weighted by Crippen LogP contribution is -2.56. The van der Waals surface area contributed by atoms with Gasteiger partial charge in [-0.1, -0.05) is 72.8 Å². The summed E-state index contributed by atoms with van der Waals surface area (Å²) in [5, 5.41) is 2.46. The van der Waals surface area contributed by atoms with E-state index in [9.17, 15) is 14.4 Å². The minimum Gasteiger partial charge on any atom is -0.445 e. The molecule has 2 unspecified atom stereocenters. The Balaban J connectivity index is 1.62. The Morgan fingerprint density at radius 3 is 2.00 bits per heavy atom. The molecule has 3 aromatic carbocycles. The van der Waals surface area contributed by atoms with E-state index in [1.807, 2.05) is 0 Å². The van der Waals surface area contributed by atoms with E-state index in [0.717, 1.165) is 0 Å². The Bertz CT molecular complexity index is 1240. The molecule has 0 heterocycles. The molecule has 3 aromatic rings. The summed E-state index contributed by atoms with van der Waals surface area (Å²) < 4.78 is 31.3. The van der Waals surface area contributed by atoms with Crippen molar-refractivity contribution in [2.75, 3.05) is 0 Å². The van der Waals surface area contributed by atoms with Gasteiger partial charge in [-0.3, -0.25) is 4.79 Å². The molecule has 2 amide bonds. The molecule has 0 radical (unpaired) electrons. The lowest BCUT2D eigenvalue weighted by atomic mass is 9.91. The largest absolute Gasteiger partial charge is 0.514 e. The van der Waals surface area contributed by atoms with Crippen molar-refractivity contribution in [2.24, 2.45) is 5.73 Å². The zero-order valence-electron chi connectivity index (χ0n) is 21.4. The van der Waals surface area contributed by atoms with Gasteiger partial charge in [0.15, 0.2) is 0 Å². The first kappa shape index (κ1) is 22.5. The fourth-order valence-corrected chi connectivity index (χ4v) is 3.21. The van der Waals surface area contributed by atoms with Crippen molar-refractivity contribution in [1.82, 2.24) is 5.32 Å². The van der Waals surface area contributed by atoms with Crippen molar-refractivity contribution in [3.05, 3.63) is 101 Å². The third-order valence-corrected chi connectivity index (χ3v) is 5.10. The third-order valence-electron chi connectivity index (χ3n) is 5.10. The fourth-order valence-electron chi connectivity index (χ4n) is 3.21. The van der Waals surface area contributed by atoms with Gasteiger partial charge in [0.2, 0.25) is 5.91 Å². The van der Waals surface area contributed by atoms with Crippen LogP contribution < -0.4 is 15.8 Å². The lowest BCUT2D eigenvalue weighted by molar-refractivity contribution is -0.123. The monoisotopic (exact) mass is 478 g/mol. The van der Waals surface area contributed by atoms with Crippen molar-refractivity contribution >= 4 is 18.2 Å². The number of amides is 2. The van der Waals surface area contributed by atoms with Gasteiger partial charge in [-0.05, 0) is 42.2 Å². The molecule has 3 N–H and O–H groups in total. The summed E-state index contributed by atoms with van der Waals surface area (Å²) in [5.41, 5.74) is 6.21. The van der Waals surface area contributed by atoms with Gasteiger partial charge in [-0.25, -0.2) is 9.59 Å². The number of aryl methyl sites for hydroxylation is 1. The SMILES string of the molecule is [2H]C(OC(=O)N[C@@](C)(Cc1ccc(OC(=O)OC([2H])c2ccccc2)c(C)c1)C(N)=O)c1ccccc1. The van der Waals surface area contributed by atoms with Gasteiger partial charge in [0.05, 0.1) is 2.74 Å². The van der Waals surface area contributed by atoms with Gasteiger partial charge in [-0.15, -0.1) is 0 Å². The summed E-state index contributed by atoms with van der Waals surface area (Å²) in [6.45, 7) is 0.630. The van der Waals surface area contributed by atoms with Crippen molar-refractivity contribution in [2.45, 2.75) is 39.0 Å². The number of benzene rings is 3. The van der Waals surface area contributed by atoms with E-state index >= 15 is 0 Å². The van der Waals surface area contributed by atoms with Gasteiger partial charge >= 0.3 is 12.2 Å². The molecular weight excluding hydrogens is 448 g/mol. The highest BCUT2D eigenvalue weighted by Gasteiger charge is 2.34. The summed E-state index contributed by atoms with van der Waals surface area (Å²) in [7, 11) is 0. The zero-order chi connectivity index (χ0) is 27.0. The Morgan fingerprint density at radius 1 is 0.886 bits per heavy atom. The number of carbonyl (C=O) groups is 3. The number of carbonyl (C=O) groups excluding carboxylic acids is 3. The van der Waals surface area contributed by atoms with Gasteiger partial charge in [0.25, 0.3) is 0 Å². The molecular formula is C27H28N2O6. The van der Waals surface area contributed by atoms with E-state index in [1.165, 1.54) is 13.0 Å². The average molecular weight is 479 g/mol. The van der Waals surface area contributed by atoms with Crippen LogP contribution in [0.15, 0.2) is 78.9 Å². The normalized spacial score (nSPS) is 14.8. The fraction of sp³-hybridized carbons (Fsp3) is 0.222. The lowest BCUT2D eigenvalue weighted by Gasteiger charge is -2.27. The van der Waals surface area contributed by atoms with Crippen LogP contribution in [-0.2, 0) is 33.9 Å². The van der Waals surface area contributed by atoms with Crippen molar-refractivity contribution in [3.8, 4) is 5.75 Å². The number of hydrogen-bond donors (Lipinski definition) is 2. The molecule has 0 saturated heterocycles. The summed E-state index contributed by atoms with van der Waals surface area (Å²) in [6, 6.07) is 21.9. The molecule has 3 atom stereocenters. The molecule has 3 rings (SSSR count). The van der Waals surface area contributed by atoms with Gasteiger partial charge < -0.3 is 25.3 Å². The van der Waals surface area contributed by atoms with E-state index < -0.39 is 36.9 Å². The van der Waals surface area contributed by atoms with E-state index in [2.05, 4.69) is 5.32 Å². The summed E-state index contributed by atoms with van der Waals surface area (Å²) in [6.07, 6.45) is -1.98. The number of alkyl carbamates (subject to hydrolysis) is 1. The highest BCUT2D eigenvalue weighted by molar-refractivity contribution is 5.88. The number of nitrogens with two attached hydrogens (primary N) is 1. The second kappa shape index (κ2) is 11.7. The Labute approximate surface area is 206 Å². The molecule has 0 aliphatic heterocycles. The van der Waals surface area contributed by atoms with Crippen LogP contribution in [0.3, 0.4) is 0 Å². The van der Waals surface area contributed by atoms with Crippen molar-refractivity contribution in [3.63, 3.8) is 0 Å². The molecule has 0 spiro atoms. The van der Waals surface area contributed by atoms with Crippen LogP contribution in [0.2, 0.25) is 0 Å². The first-order chi connectivity index (χ1) is 17.6. The predicted molar refractivity (Wildman–Crippen MR) is 130 cm³/mol. The molecule has 0 fully saturated rings. The van der Waals surface area contributed by atoms with Crippen molar-refractivity contribution in [1.29, 1.82) is 0 Å². The van der Waals surface area contributed by atoms with Crippen LogP contribution in [0.1, 0.15) is 31.9 Å². The summed E-state index contributed by atoms with van der Waals surface area (Å²) in [4.78, 5) is 36.8. The molecule has 8 nitrogen and oxygen atoms in total. The smallest absolute Gasteiger partial charge is 0.445 e. The van der Waals surface area contributed by atoms with Crippen LogP contribution in [0.4, 0.5) is 9.59 Å². The number of ether oxygens (including phenoxy) is 3. The number of primary amides is 1. The van der Waals surface area contributed by atoms with Gasteiger partial charge in [0, 0.05) is 6.42 Å². The van der Waals surface area contributed by atoms with Gasteiger partial charge in [0.1, 0.15) is 24.5 Å². The minimum absolute atomic E-state index is 0.0137.